The average molecular weight is 296 g/mol. The Morgan fingerprint density at radius 3 is 2.38 bits per heavy atom. The first-order chi connectivity index (χ1) is 10.1. The van der Waals surface area contributed by atoms with Crippen molar-refractivity contribution in [2.45, 2.75) is 70.8 Å². The zero-order valence-corrected chi connectivity index (χ0v) is 14.2. The van der Waals surface area contributed by atoms with Crippen LogP contribution in [0.15, 0.2) is 0 Å². The van der Waals surface area contributed by atoms with Gasteiger partial charge in [0.15, 0.2) is 0 Å². The summed E-state index contributed by atoms with van der Waals surface area (Å²) in [7, 11) is 2.29. The smallest absolute Gasteiger partial charge is 0.0546 e. The van der Waals surface area contributed by atoms with E-state index in [-0.39, 0.29) is 6.10 Å². The molecule has 0 aromatic rings. The molecule has 0 aliphatic heterocycles. The zero-order valence-electron chi connectivity index (χ0n) is 14.2. The minimum Gasteiger partial charge on any atom is -0.393 e. The molecule has 0 atom stereocenters. The fourth-order valence-electron chi connectivity index (χ4n) is 4.33. The van der Waals surface area contributed by atoms with Crippen molar-refractivity contribution in [2.75, 3.05) is 33.2 Å². The van der Waals surface area contributed by atoms with Crippen molar-refractivity contribution in [3.05, 3.63) is 0 Å². The summed E-state index contributed by atoms with van der Waals surface area (Å²) in [6, 6.07) is 0. The third kappa shape index (κ3) is 5.54. The zero-order chi connectivity index (χ0) is 15.1. The average Bonchev–Trinajstić information content (AvgIpc) is 2.63. The van der Waals surface area contributed by atoms with Crippen molar-refractivity contribution in [3.8, 4) is 0 Å². The third-order valence-corrected chi connectivity index (χ3v) is 5.48. The second-order valence-corrected chi connectivity index (χ2v) is 7.78. The van der Waals surface area contributed by atoms with Crippen molar-refractivity contribution in [3.63, 3.8) is 0 Å². The van der Waals surface area contributed by atoms with Gasteiger partial charge in [-0.15, -0.1) is 0 Å². The van der Waals surface area contributed by atoms with Crippen molar-refractivity contribution >= 4 is 0 Å². The van der Waals surface area contributed by atoms with E-state index in [1.165, 1.54) is 64.6 Å². The summed E-state index contributed by atoms with van der Waals surface area (Å²) in [6.07, 6.45) is 11.7. The highest BCUT2D eigenvalue weighted by molar-refractivity contribution is 4.88. The molecule has 0 aromatic carbocycles. The Labute approximate surface area is 131 Å². The van der Waals surface area contributed by atoms with Crippen LogP contribution < -0.4 is 5.32 Å². The van der Waals surface area contributed by atoms with Gasteiger partial charge in [-0.25, -0.2) is 0 Å². The number of aliphatic hydroxyl groups excluding tert-OH is 1. The van der Waals surface area contributed by atoms with Gasteiger partial charge >= 0.3 is 0 Å². The van der Waals surface area contributed by atoms with Crippen LogP contribution in [0.4, 0.5) is 0 Å². The molecular weight excluding hydrogens is 260 g/mol. The Bertz CT molecular complexity index is 281. The van der Waals surface area contributed by atoms with Gasteiger partial charge in [-0.2, -0.15) is 0 Å². The van der Waals surface area contributed by atoms with E-state index in [1.807, 2.05) is 0 Å². The van der Waals surface area contributed by atoms with Crippen LogP contribution >= 0.6 is 0 Å². The maximum atomic E-state index is 9.46. The fraction of sp³-hybridized carbons (Fsp3) is 1.00. The Morgan fingerprint density at radius 1 is 1.14 bits per heavy atom. The Balaban J connectivity index is 1.84. The topological polar surface area (TPSA) is 35.5 Å². The molecule has 3 nitrogen and oxygen atoms in total. The molecule has 124 valence electrons. The SMILES string of the molecule is CCCNCC1(CN(C)CC2CC(O)C2)CCCCCC1. The molecule has 0 unspecified atom stereocenters. The molecule has 0 saturated heterocycles. The Kier molecular flexibility index (Phi) is 6.97. The molecule has 0 radical (unpaired) electrons. The molecule has 2 aliphatic carbocycles. The van der Waals surface area contributed by atoms with Crippen molar-refractivity contribution in [1.29, 1.82) is 0 Å². The largest absolute Gasteiger partial charge is 0.393 e. The molecule has 0 amide bonds. The van der Waals surface area contributed by atoms with Gasteiger partial charge < -0.3 is 15.3 Å². The number of hydrogen-bond acceptors (Lipinski definition) is 3. The van der Waals surface area contributed by atoms with Crippen LogP contribution in [0.2, 0.25) is 0 Å². The van der Waals surface area contributed by atoms with Crippen molar-refractivity contribution in [2.24, 2.45) is 11.3 Å². The molecule has 0 heterocycles. The monoisotopic (exact) mass is 296 g/mol. The van der Waals surface area contributed by atoms with E-state index in [2.05, 4.69) is 24.2 Å². The highest BCUT2D eigenvalue weighted by Crippen LogP contribution is 2.36. The van der Waals surface area contributed by atoms with Gasteiger partial charge in [0.2, 0.25) is 0 Å². The summed E-state index contributed by atoms with van der Waals surface area (Å²) in [4.78, 5) is 2.55. The van der Waals surface area contributed by atoms with Gasteiger partial charge in [-0.05, 0) is 57.0 Å². The van der Waals surface area contributed by atoms with E-state index in [1.54, 1.807) is 0 Å². The molecule has 3 heteroatoms. The normalized spacial score (nSPS) is 29.1. The summed E-state index contributed by atoms with van der Waals surface area (Å²) < 4.78 is 0. The lowest BCUT2D eigenvalue weighted by Crippen LogP contribution is -2.46. The lowest BCUT2D eigenvalue weighted by Gasteiger charge is -2.40. The summed E-state index contributed by atoms with van der Waals surface area (Å²) >= 11 is 0. The minimum atomic E-state index is -0.0125. The van der Waals surface area contributed by atoms with Gasteiger partial charge in [0, 0.05) is 19.6 Å². The van der Waals surface area contributed by atoms with Crippen LogP contribution in [-0.4, -0.2) is 49.3 Å². The van der Waals surface area contributed by atoms with E-state index in [9.17, 15) is 5.11 Å². The standard InChI is InChI=1S/C18H36N2O/c1-3-10-19-14-18(8-6-4-5-7-9-18)15-20(2)13-16-11-17(21)12-16/h16-17,19,21H,3-15H2,1-2H3. The van der Waals surface area contributed by atoms with E-state index >= 15 is 0 Å². The number of nitrogens with zero attached hydrogens (tertiary/aromatic N) is 1. The van der Waals surface area contributed by atoms with Crippen molar-refractivity contribution < 1.29 is 5.11 Å². The first kappa shape index (κ1) is 17.2. The summed E-state index contributed by atoms with van der Waals surface area (Å²) in [5.74, 6) is 0.733. The maximum Gasteiger partial charge on any atom is 0.0546 e. The van der Waals surface area contributed by atoms with Gasteiger partial charge in [0.1, 0.15) is 0 Å². The highest BCUT2D eigenvalue weighted by atomic mass is 16.3. The lowest BCUT2D eigenvalue weighted by molar-refractivity contribution is 0.0202. The van der Waals surface area contributed by atoms with Crippen LogP contribution in [-0.2, 0) is 0 Å². The molecule has 0 spiro atoms. The molecule has 21 heavy (non-hydrogen) atoms. The highest BCUT2D eigenvalue weighted by Gasteiger charge is 2.34. The molecule has 2 saturated carbocycles. The number of nitrogens with one attached hydrogen (secondary N) is 1. The van der Waals surface area contributed by atoms with E-state index in [0.29, 0.717) is 5.41 Å². The van der Waals surface area contributed by atoms with Crippen LogP contribution in [0, 0.1) is 11.3 Å². The van der Waals surface area contributed by atoms with Crippen LogP contribution in [0.1, 0.15) is 64.7 Å². The lowest BCUT2D eigenvalue weighted by atomic mass is 9.78. The van der Waals surface area contributed by atoms with E-state index in [4.69, 9.17) is 0 Å². The van der Waals surface area contributed by atoms with Gasteiger partial charge in [0.05, 0.1) is 6.10 Å². The maximum absolute atomic E-state index is 9.46. The van der Waals surface area contributed by atoms with E-state index in [0.717, 1.165) is 25.3 Å². The predicted octanol–water partition coefficient (Wildman–Crippen LogP) is 3.03. The van der Waals surface area contributed by atoms with Crippen LogP contribution in [0.5, 0.6) is 0 Å². The number of aliphatic hydroxyl groups is 1. The molecule has 2 fully saturated rings. The second kappa shape index (κ2) is 8.50. The van der Waals surface area contributed by atoms with Crippen LogP contribution in [0.3, 0.4) is 0 Å². The first-order valence-corrected chi connectivity index (χ1v) is 9.21. The summed E-state index contributed by atoms with van der Waals surface area (Å²) in [6.45, 7) is 7.00. The third-order valence-electron chi connectivity index (χ3n) is 5.48. The Morgan fingerprint density at radius 2 is 1.81 bits per heavy atom. The van der Waals surface area contributed by atoms with Crippen molar-refractivity contribution in [1.82, 2.24) is 10.2 Å². The molecule has 2 aliphatic rings. The van der Waals surface area contributed by atoms with Gasteiger partial charge in [0.25, 0.3) is 0 Å². The van der Waals surface area contributed by atoms with E-state index < -0.39 is 0 Å². The first-order valence-electron chi connectivity index (χ1n) is 9.21. The van der Waals surface area contributed by atoms with Gasteiger partial charge in [-0.1, -0.05) is 32.6 Å². The molecule has 0 bridgehead atoms. The molecule has 0 aromatic heterocycles. The molecular formula is C18H36N2O. The van der Waals surface area contributed by atoms with Crippen LogP contribution in [0.25, 0.3) is 0 Å². The Hall–Kier alpha value is -0.120. The summed E-state index contributed by atoms with van der Waals surface area (Å²) in [5.41, 5.74) is 0.489. The predicted molar refractivity (Wildman–Crippen MR) is 89.5 cm³/mol. The quantitative estimate of drug-likeness (QED) is 0.534. The fourth-order valence-corrected chi connectivity index (χ4v) is 4.33. The summed E-state index contributed by atoms with van der Waals surface area (Å²) in [5, 5.41) is 13.2. The van der Waals surface area contributed by atoms with Gasteiger partial charge in [-0.3, -0.25) is 0 Å². The molecule has 2 N–H and O–H groups in total. The molecule has 2 rings (SSSR count). The second-order valence-electron chi connectivity index (χ2n) is 7.78. The minimum absolute atomic E-state index is 0.0125. The number of hydrogen-bond donors (Lipinski definition) is 2. The number of rotatable bonds is 8.